The zero-order valence-electron chi connectivity index (χ0n) is 12.0. The second kappa shape index (κ2) is 4.89. The third kappa shape index (κ3) is 2.85. The van der Waals surface area contributed by atoms with Gasteiger partial charge in [0.1, 0.15) is 0 Å². The molecule has 2 aliphatic rings. The van der Waals surface area contributed by atoms with Gasteiger partial charge >= 0.3 is 0 Å². The van der Waals surface area contributed by atoms with Crippen LogP contribution in [0.25, 0.3) is 0 Å². The van der Waals surface area contributed by atoms with E-state index in [0.29, 0.717) is 11.0 Å². The zero-order chi connectivity index (χ0) is 12.5. The molecule has 0 aromatic heterocycles. The van der Waals surface area contributed by atoms with E-state index < -0.39 is 0 Å². The number of likely N-dealkylation sites (tertiary alicyclic amines) is 1. The van der Waals surface area contributed by atoms with Crippen LogP contribution < -0.4 is 5.73 Å². The lowest BCUT2D eigenvalue weighted by atomic mass is 9.68. The highest BCUT2D eigenvalue weighted by Crippen LogP contribution is 2.43. The van der Waals surface area contributed by atoms with Gasteiger partial charge in [0, 0.05) is 18.6 Å². The molecule has 0 aromatic rings. The number of nitrogens with zero attached hydrogens (tertiary/aromatic N) is 1. The minimum absolute atomic E-state index is 0.337. The van der Waals surface area contributed by atoms with Crippen molar-refractivity contribution in [3.63, 3.8) is 0 Å². The Labute approximate surface area is 107 Å². The molecule has 1 atom stereocenters. The summed E-state index contributed by atoms with van der Waals surface area (Å²) in [4.78, 5) is 2.73. The Bertz CT molecular complexity index is 250. The summed E-state index contributed by atoms with van der Waals surface area (Å²) in [6.07, 6.45) is 8.07. The fraction of sp³-hybridized carbons (Fsp3) is 1.00. The molecule has 0 radical (unpaired) electrons. The molecule has 0 amide bonds. The molecule has 1 aliphatic heterocycles. The van der Waals surface area contributed by atoms with Gasteiger partial charge in [-0.25, -0.2) is 0 Å². The maximum absolute atomic E-state index is 6.16. The first-order valence-electron chi connectivity index (χ1n) is 7.43. The van der Waals surface area contributed by atoms with Crippen molar-refractivity contribution in [1.82, 2.24) is 4.90 Å². The molecule has 0 bridgehead atoms. The quantitative estimate of drug-likeness (QED) is 0.801. The lowest BCUT2D eigenvalue weighted by Crippen LogP contribution is -2.58. The van der Waals surface area contributed by atoms with Gasteiger partial charge in [0.2, 0.25) is 0 Å². The summed E-state index contributed by atoms with van der Waals surface area (Å²) >= 11 is 0. The number of piperidine rings is 1. The first-order valence-corrected chi connectivity index (χ1v) is 7.43. The fourth-order valence-electron chi connectivity index (χ4n) is 3.66. The average Bonchev–Trinajstić information content (AvgIpc) is 2.30. The summed E-state index contributed by atoms with van der Waals surface area (Å²) in [6.45, 7) is 10.6. The molecule has 1 unspecified atom stereocenters. The third-order valence-electron chi connectivity index (χ3n) is 5.24. The summed E-state index contributed by atoms with van der Waals surface area (Å²) in [5, 5.41) is 0. The highest BCUT2D eigenvalue weighted by molar-refractivity contribution is 4.99. The molecule has 0 aromatic carbocycles. The van der Waals surface area contributed by atoms with Gasteiger partial charge in [-0.2, -0.15) is 0 Å². The van der Waals surface area contributed by atoms with Crippen LogP contribution in [-0.4, -0.2) is 30.1 Å². The standard InChI is InChI=1S/C15H30N2/c1-13-5-4-10-17(11-13)15(12-16)8-6-14(2,3)7-9-15/h13H,4-12,16H2,1-3H3. The van der Waals surface area contributed by atoms with Crippen LogP contribution in [0.4, 0.5) is 0 Å². The van der Waals surface area contributed by atoms with Gasteiger partial charge in [-0.05, 0) is 56.4 Å². The van der Waals surface area contributed by atoms with Crippen molar-refractivity contribution in [2.24, 2.45) is 17.1 Å². The Hall–Kier alpha value is -0.0800. The van der Waals surface area contributed by atoms with Crippen molar-refractivity contribution >= 4 is 0 Å². The molecular formula is C15H30N2. The predicted octanol–water partition coefficient (Wildman–Crippen LogP) is 3.02. The van der Waals surface area contributed by atoms with E-state index in [4.69, 9.17) is 5.73 Å². The Kier molecular flexibility index (Phi) is 3.84. The van der Waals surface area contributed by atoms with Gasteiger partial charge in [0.05, 0.1) is 0 Å². The van der Waals surface area contributed by atoms with E-state index in [-0.39, 0.29) is 0 Å². The Morgan fingerprint density at radius 3 is 2.35 bits per heavy atom. The summed E-state index contributed by atoms with van der Waals surface area (Å²) < 4.78 is 0. The fourth-order valence-corrected chi connectivity index (χ4v) is 3.66. The Morgan fingerprint density at radius 2 is 1.82 bits per heavy atom. The summed E-state index contributed by atoms with van der Waals surface area (Å²) in [5.74, 6) is 0.863. The summed E-state index contributed by atoms with van der Waals surface area (Å²) in [5.41, 5.74) is 7.04. The summed E-state index contributed by atoms with van der Waals surface area (Å²) in [7, 11) is 0. The van der Waals surface area contributed by atoms with Crippen LogP contribution in [0.1, 0.15) is 59.3 Å². The van der Waals surface area contributed by atoms with E-state index in [1.807, 2.05) is 0 Å². The lowest BCUT2D eigenvalue weighted by Gasteiger charge is -2.52. The molecule has 2 nitrogen and oxygen atoms in total. The van der Waals surface area contributed by atoms with Crippen LogP contribution in [0.15, 0.2) is 0 Å². The van der Waals surface area contributed by atoms with Crippen molar-refractivity contribution < 1.29 is 0 Å². The molecular weight excluding hydrogens is 208 g/mol. The van der Waals surface area contributed by atoms with E-state index in [1.54, 1.807) is 0 Å². The molecule has 2 rings (SSSR count). The number of rotatable bonds is 2. The third-order valence-corrected chi connectivity index (χ3v) is 5.24. The topological polar surface area (TPSA) is 29.3 Å². The van der Waals surface area contributed by atoms with E-state index >= 15 is 0 Å². The van der Waals surface area contributed by atoms with Gasteiger partial charge in [0.15, 0.2) is 0 Å². The van der Waals surface area contributed by atoms with E-state index in [2.05, 4.69) is 25.7 Å². The molecule has 17 heavy (non-hydrogen) atoms. The second-order valence-corrected chi connectivity index (χ2v) is 7.29. The second-order valence-electron chi connectivity index (χ2n) is 7.29. The van der Waals surface area contributed by atoms with Crippen LogP contribution in [0.2, 0.25) is 0 Å². The van der Waals surface area contributed by atoms with E-state index in [9.17, 15) is 0 Å². The van der Waals surface area contributed by atoms with Crippen molar-refractivity contribution in [2.75, 3.05) is 19.6 Å². The molecule has 100 valence electrons. The summed E-state index contributed by atoms with van der Waals surface area (Å²) in [6, 6.07) is 0. The Morgan fingerprint density at radius 1 is 1.18 bits per heavy atom. The van der Waals surface area contributed by atoms with Crippen LogP contribution in [0.3, 0.4) is 0 Å². The maximum Gasteiger partial charge on any atom is 0.0332 e. The molecule has 1 aliphatic carbocycles. The highest BCUT2D eigenvalue weighted by Gasteiger charge is 2.42. The van der Waals surface area contributed by atoms with Crippen molar-refractivity contribution in [1.29, 1.82) is 0 Å². The van der Waals surface area contributed by atoms with Crippen LogP contribution in [0, 0.1) is 11.3 Å². The van der Waals surface area contributed by atoms with Crippen LogP contribution >= 0.6 is 0 Å². The smallest absolute Gasteiger partial charge is 0.0332 e. The number of hydrogen-bond acceptors (Lipinski definition) is 2. The van der Waals surface area contributed by atoms with Gasteiger partial charge in [-0.3, -0.25) is 4.90 Å². The normalized spacial score (nSPS) is 33.5. The van der Waals surface area contributed by atoms with E-state index in [0.717, 1.165) is 12.5 Å². The molecule has 2 N–H and O–H groups in total. The van der Waals surface area contributed by atoms with Crippen molar-refractivity contribution in [3.05, 3.63) is 0 Å². The lowest BCUT2D eigenvalue weighted by molar-refractivity contribution is -0.00184. The van der Waals surface area contributed by atoms with Gasteiger partial charge < -0.3 is 5.73 Å². The predicted molar refractivity (Wildman–Crippen MR) is 74.0 cm³/mol. The molecule has 1 saturated heterocycles. The van der Waals surface area contributed by atoms with Gasteiger partial charge in [-0.1, -0.05) is 20.8 Å². The largest absolute Gasteiger partial charge is 0.329 e. The number of hydrogen-bond donors (Lipinski definition) is 1. The molecule has 1 saturated carbocycles. The van der Waals surface area contributed by atoms with Crippen molar-refractivity contribution in [3.8, 4) is 0 Å². The Balaban J connectivity index is 2.04. The van der Waals surface area contributed by atoms with E-state index in [1.165, 1.54) is 51.6 Å². The molecule has 2 heteroatoms. The first-order chi connectivity index (χ1) is 7.97. The van der Waals surface area contributed by atoms with Crippen LogP contribution in [0.5, 0.6) is 0 Å². The van der Waals surface area contributed by atoms with Crippen LogP contribution in [-0.2, 0) is 0 Å². The van der Waals surface area contributed by atoms with Crippen molar-refractivity contribution in [2.45, 2.75) is 64.8 Å². The molecule has 1 heterocycles. The molecule has 2 fully saturated rings. The SMILES string of the molecule is CC1CCCN(C2(CN)CCC(C)(C)CC2)C1. The van der Waals surface area contributed by atoms with Gasteiger partial charge in [-0.15, -0.1) is 0 Å². The number of nitrogens with two attached hydrogens (primary N) is 1. The first kappa shape index (κ1) is 13.4. The van der Waals surface area contributed by atoms with Gasteiger partial charge in [0.25, 0.3) is 0 Å². The average molecular weight is 238 g/mol. The maximum atomic E-state index is 6.16. The minimum Gasteiger partial charge on any atom is -0.329 e. The minimum atomic E-state index is 0.337. The zero-order valence-corrected chi connectivity index (χ0v) is 12.0. The highest BCUT2D eigenvalue weighted by atomic mass is 15.2. The monoisotopic (exact) mass is 238 g/mol. The molecule has 0 spiro atoms.